The summed E-state index contributed by atoms with van der Waals surface area (Å²) in [4.78, 5) is 15.5. The molecule has 1 heterocycles. The number of aromatic amines is 1. The quantitative estimate of drug-likeness (QED) is 0.675. The van der Waals surface area contributed by atoms with Crippen molar-refractivity contribution < 1.29 is 4.79 Å². The minimum atomic E-state index is 0.0625. The lowest BCUT2D eigenvalue weighted by atomic mass is 10.0. The van der Waals surface area contributed by atoms with Gasteiger partial charge in [-0.15, -0.1) is 0 Å². The van der Waals surface area contributed by atoms with Crippen LogP contribution in [0, 0.1) is 6.92 Å². The Kier molecular flexibility index (Phi) is 2.49. The maximum absolute atomic E-state index is 12.4. The van der Waals surface area contributed by atoms with E-state index >= 15 is 0 Å². The van der Waals surface area contributed by atoms with Crippen LogP contribution < -0.4 is 0 Å². The summed E-state index contributed by atoms with van der Waals surface area (Å²) in [5.41, 5.74) is 3.61. The Labute approximate surface area is 105 Å². The predicted octanol–water partition coefficient (Wildman–Crippen LogP) is 3.71. The summed E-state index contributed by atoms with van der Waals surface area (Å²) < 4.78 is 0. The molecule has 0 atom stereocenters. The molecule has 88 valence electrons. The van der Waals surface area contributed by atoms with Crippen LogP contribution in [0.2, 0.25) is 0 Å². The van der Waals surface area contributed by atoms with Crippen LogP contribution in [0.1, 0.15) is 21.5 Å². The first-order chi connectivity index (χ1) is 8.75. The van der Waals surface area contributed by atoms with Gasteiger partial charge >= 0.3 is 0 Å². The monoisotopic (exact) mass is 235 g/mol. The average molecular weight is 235 g/mol. The van der Waals surface area contributed by atoms with E-state index in [9.17, 15) is 4.79 Å². The van der Waals surface area contributed by atoms with Crippen LogP contribution in [0.5, 0.6) is 0 Å². The van der Waals surface area contributed by atoms with Crippen LogP contribution in [-0.2, 0) is 0 Å². The zero-order valence-corrected chi connectivity index (χ0v) is 10.1. The molecule has 0 saturated carbocycles. The first-order valence-corrected chi connectivity index (χ1v) is 5.93. The van der Waals surface area contributed by atoms with E-state index in [0.717, 1.165) is 27.6 Å². The molecule has 1 N–H and O–H groups in total. The van der Waals surface area contributed by atoms with Gasteiger partial charge in [-0.3, -0.25) is 4.79 Å². The first kappa shape index (κ1) is 10.8. The Morgan fingerprint density at radius 2 is 1.72 bits per heavy atom. The maximum Gasteiger partial charge on any atom is 0.195 e. The molecule has 0 aliphatic carbocycles. The summed E-state index contributed by atoms with van der Waals surface area (Å²) >= 11 is 0. The summed E-state index contributed by atoms with van der Waals surface area (Å²) in [5.74, 6) is 0.0625. The van der Waals surface area contributed by atoms with E-state index in [2.05, 4.69) is 4.98 Å². The molecule has 0 bridgehead atoms. The third-order valence-corrected chi connectivity index (χ3v) is 3.15. The van der Waals surface area contributed by atoms with E-state index in [4.69, 9.17) is 0 Å². The van der Waals surface area contributed by atoms with E-state index in [1.54, 1.807) is 6.20 Å². The maximum atomic E-state index is 12.4. The van der Waals surface area contributed by atoms with Crippen molar-refractivity contribution in [1.29, 1.82) is 0 Å². The lowest BCUT2D eigenvalue weighted by molar-refractivity contribution is 0.104. The fourth-order valence-electron chi connectivity index (χ4n) is 2.12. The minimum Gasteiger partial charge on any atom is -0.360 e. The van der Waals surface area contributed by atoms with Gasteiger partial charge in [-0.1, -0.05) is 48.0 Å². The SMILES string of the molecule is Cc1ccc(C(=O)c2c[nH]c3ccccc23)cc1. The largest absolute Gasteiger partial charge is 0.360 e. The van der Waals surface area contributed by atoms with Gasteiger partial charge in [0.25, 0.3) is 0 Å². The van der Waals surface area contributed by atoms with Crippen molar-refractivity contribution in [3.05, 3.63) is 71.4 Å². The number of rotatable bonds is 2. The van der Waals surface area contributed by atoms with Crippen molar-refractivity contribution in [2.75, 3.05) is 0 Å². The van der Waals surface area contributed by atoms with E-state index in [-0.39, 0.29) is 5.78 Å². The summed E-state index contributed by atoms with van der Waals surface area (Å²) in [5, 5.41) is 0.975. The number of hydrogen-bond donors (Lipinski definition) is 1. The number of hydrogen-bond acceptors (Lipinski definition) is 1. The van der Waals surface area contributed by atoms with Crippen molar-refractivity contribution in [2.24, 2.45) is 0 Å². The highest BCUT2D eigenvalue weighted by Crippen LogP contribution is 2.20. The lowest BCUT2D eigenvalue weighted by Crippen LogP contribution is -1.99. The molecule has 3 aromatic rings. The van der Waals surface area contributed by atoms with Gasteiger partial charge < -0.3 is 4.98 Å². The average Bonchev–Trinajstić information content (AvgIpc) is 2.82. The zero-order valence-electron chi connectivity index (χ0n) is 10.1. The molecule has 0 fully saturated rings. The second-order valence-electron chi connectivity index (χ2n) is 4.44. The Bertz CT molecular complexity index is 707. The third-order valence-electron chi connectivity index (χ3n) is 3.15. The molecule has 2 nitrogen and oxygen atoms in total. The zero-order chi connectivity index (χ0) is 12.5. The molecule has 0 saturated heterocycles. The molecule has 0 unspecified atom stereocenters. The minimum absolute atomic E-state index is 0.0625. The Balaban J connectivity index is 2.09. The van der Waals surface area contributed by atoms with Crippen molar-refractivity contribution in [3.63, 3.8) is 0 Å². The van der Waals surface area contributed by atoms with Gasteiger partial charge in [-0.25, -0.2) is 0 Å². The number of benzene rings is 2. The third kappa shape index (κ3) is 1.72. The summed E-state index contributed by atoms with van der Waals surface area (Å²) in [6.45, 7) is 2.01. The Morgan fingerprint density at radius 1 is 1.00 bits per heavy atom. The lowest BCUT2D eigenvalue weighted by Gasteiger charge is -2.00. The standard InChI is InChI=1S/C16H13NO/c1-11-6-8-12(9-7-11)16(18)14-10-17-15-5-3-2-4-13(14)15/h2-10,17H,1H3. The molecule has 0 radical (unpaired) electrons. The van der Waals surface area contributed by atoms with Gasteiger partial charge in [0.05, 0.1) is 0 Å². The summed E-state index contributed by atoms with van der Waals surface area (Å²) in [6.07, 6.45) is 1.78. The molecular weight excluding hydrogens is 222 g/mol. The molecule has 0 aliphatic rings. The summed E-state index contributed by atoms with van der Waals surface area (Å²) in [6, 6.07) is 15.5. The van der Waals surface area contributed by atoms with Crippen molar-refractivity contribution in [3.8, 4) is 0 Å². The van der Waals surface area contributed by atoms with Crippen molar-refractivity contribution >= 4 is 16.7 Å². The predicted molar refractivity (Wildman–Crippen MR) is 72.9 cm³/mol. The van der Waals surface area contributed by atoms with Gasteiger partial charge in [0.15, 0.2) is 5.78 Å². The van der Waals surface area contributed by atoms with Gasteiger partial charge in [-0.2, -0.15) is 0 Å². The van der Waals surface area contributed by atoms with Gasteiger partial charge in [-0.05, 0) is 13.0 Å². The second-order valence-corrected chi connectivity index (χ2v) is 4.44. The number of H-pyrrole nitrogens is 1. The molecule has 0 spiro atoms. The number of aromatic nitrogens is 1. The number of para-hydroxylation sites is 1. The van der Waals surface area contributed by atoms with Crippen molar-refractivity contribution in [2.45, 2.75) is 6.92 Å². The van der Waals surface area contributed by atoms with E-state index in [1.807, 2.05) is 55.5 Å². The fraction of sp³-hybridized carbons (Fsp3) is 0.0625. The van der Waals surface area contributed by atoms with Gasteiger partial charge in [0.1, 0.15) is 0 Å². The second kappa shape index (κ2) is 4.15. The van der Waals surface area contributed by atoms with Gasteiger partial charge in [0.2, 0.25) is 0 Å². The number of aryl methyl sites for hydroxylation is 1. The molecule has 0 aliphatic heterocycles. The van der Waals surface area contributed by atoms with Crippen LogP contribution in [0.15, 0.2) is 54.7 Å². The first-order valence-electron chi connectivity index (χ1n) is 5.93. The van der Waals surface area contributed by atoms with Gasteiger partial charge in [0, 0.05) is 28.2 Å². The number of nitrogens with one attached hydrogen (secondary N) is 1. The van der Waals surface area contributed by atoms with E-state index in [0.29, 0.717) is 0 Å². The molecule has 18 heavy (non-hydrogen) atoms. The van der Waals surface area contributed by atoms with Crippen LogP contribution in [0.25, 0.3) is 10.9 Å². The Morgan fingerprint density at radius 3 is 2.50 bits per heavy atom. The molecule has 2 aromatic carbocycles. The topological polar surface area (TPSA) is 32.9 Å². The molecule has 0 amide bonds. The number of fused-ring (bicyclic) bond motifs is 1. The number of carbonyl (C=O) groups excluding carboxylic acids is 1. The molecule has 2 heteroatoms. The molecule has 1 aromatic heterocycles. The highest BCUT2D eigenvalue weighted by Gasteiger charge is 2.13. The normalized spacial score (nSPS) is 10.7. The van der Waals surface area contributed by atoms with E-state index < -0.39 is 0 Å². The molecule has 3 rings (SSSR count). The van der Waals surface area contributed by atoms with Crippen LogP contribution in [0.4, 0.5) is 0 Å². The number of carbonyl (C=O) groups is 1. The smallest absolute Gasteiger partial charge is 0.195 e. The van der Waals surface area contributed by atoms with Crippen molar-refractivity contribution in [1.82, 2.24) is 4.98 Å². The summed E-state index contributed by atoms with van der Waals surface area (Å²) in [7, 11) is 0. The van der Waals surface area contributed by atoms with E-state index in [1.165, 1.54) is 0 Å². The fourth-order valence-corrected chi connectivity index (χ4v) is 2.12. The van der Waals surface area contributed by atoms with Crippen LogP contribution in [0.3, 0.4) is 0 Å². The highest BCUT2D eigenvalue weighted by molar-refractivity contribution is 6.16. The number of ketones is 1. The van der Waals surface area contributed by atoms with Crippen LogP contribution in [-0.4, -0.2) is 10.8 Å². The Hall–Kier alpha value is -2.35. The van der Waals surface area contributed by atoms with Crippen LogP contribution >= 0.6 is 0 Å². The molecular formula is C16H13NO. The highest BCUT2D eigenvalue weighted by atomic mass is 16.1.